The van der Waals surface area contributed by atoms with Crippen LogP contribution in [0.15, 0.2) is 48.5 Å². The van der Waals surface area contributed by atoms with Crippen LogP contribution in [-0.2, 0) is 4.79 Å². The average molecular weight is 443 g/mol. The molecule has 1 fully saturated rings. The molecule has 32 heavy (non-hydrogen) atoms. The van der Waals surface area contributed by atoms with Gasteiger partial charge in [0.2, 0.25) is 5.91 Å². The number of amides is 1. The monoisotopic (exact) mass is 442 g/mol. The van der Waals surface area contributed by atoms with Gasteiger partial charge in [-0.1, -0.05) is 13.0 Å². The van der Waals surface area contributed by atoms with Crippen LogP contribution in [-0.4, -0.2) is 54.0 Å². The predicted molar refractivity (Wildman–Crippen MR) is 121 cm³/mol. The number of aliphatic hydroxyl groups is 1. The highest BCUT2D eigenvalue weighted by molar-refractivity contribution is 5.96. The Labute approximate surface area is 188 Å². The maximum atomic E-state index is 13.0. The van der Waals surface area contributed by atoms with Gasteiger partial charge in [0.25, 0.3) is 0 Å². The van der Waals surface area contributed by atoms with E-state index in [0.717, 1.165) is 6.54 Å². The van der Waals surface area contributed by atoms with Crippen molar-refractivity contribution >= 4 is 17.4 Å². The topological polar surface area (TPSA) is 78.9 Å². The molecule has 172 valence electrons. The van der Waals surface area contributed by atoms with E-state index in [1.54, 1.807) is 38.3 Å². The van der Waals surface area contributed by atoms with Crippen LogP contribution in [0.2, 0.25) is 0 Å². The first-order valence-corrected chi connectivity index (χ1v) is 11.0. The third-order valence-corrected chi connectivity index (χ3v) is 6.30. The summed E-state index contributed by atoms with van der Waals surface area (Å²) in [5, 5.41) is 14.0. The third kappa shape index (κ3) is 6.14. The van der Waals surface area contributed by atoms with E-state index in [-0.39, 0.29) is 17.5 Å². The van der Waals surface area contributed by atoms with Crippen molar-refractivity contribution in [3.63, 3.8) is 0 Å². The molecule has 1 unspecified atom stereocenters. The number of ketones is 1. The number of nitrogens with zero attached hydrogens (tertiary/aromatic N) is 1. The van der Waals surface area contributed by atoms with Crippen molar-refractivity contribution in [3.8, 4) is 5.75 Å². The first-order chi connectivity index (χ1) is 15.3. The summed E-state index contributed by atoms with van der Waals surface area (Å²) in [5.74, 6) is -0.481. The zero-order chi connectivity index (χ0) is 23.1. The number of rotatable bonds is 9. The van der Waals surface area contributed by atoms with Crippen LogP contribution in [0.1, 0.15) is 43.0 Å². The number of carbonyl (C=O) groups is 2. The van der Waals surface area contributed by atoms with Crippen LogP contribution in [0.5, 0.6) is 5.75 Å². The Morgan fingerprint density at radius 3 is 2.53 bits per heavy atom. The quantitative estimate of drug-likeness (QED) is 0.576. The second kappa shape index (κ2) is 10.7. The summed E-state index contributed by atoms with van der Waals surface area (Å²) in [5.41, 5.74) is 0.0898. The fourth-order valence-electron chi connectivity index (χ4n) is 4.04. The Morgan fingerprint density at radius 1 is 1.19 bits per heavy atom. The van der Waals surface area contributed by atoms with Gasteiger partial charge < -0.3 is 20.1 Å². The smallest absolute Gasteiger partial charge is 0.230 e. The summed E-state index contributed by atoms with van der Waals surface area (Å²) >= 11 is 0. The molecule has 1 heterocycles. The molecule has 1 amide bonds. The van der Waals surface area contributed by atoms with E-state index < -0.39 is 11.5 Å². The number of methoxy groups -OCH3 is 1. The minimum absolute atomic E-state index is 0.00125. The standard InChI is InChI=1S/C25H31FN2O4/c1-18(24(30)27-21-5-3-6-22(17-21)32-2)25(31)12-15-28(16-13-25)14-4-7-23(29)19-8-10-20(26)11-9-19/h3,5-6,8-11,17-18,31H,4,7,12-16H2,1-2H3,(H,27,30). The molecule has 0 radical (unpaired) electrons. The largest absolute Gasteiger partial charge is 0.497 e. The van der Waals surface area contributed by atoms with Gasteiger partial charge >= 0.3 is 0 Å². The molecule has 2 aromatic carbocycles. The minimum atomic E-state index is -1.07. The number of ether oxygens (including phenoxy) is 1. The molecule has 2 N–H and O–H groups in total. The van der Waals surface area contributed by atoms with Crippen LogP contribution in [0.4, 0.5) is 10.1 Å². The molecule has 2 aromatic rings. The molecule has 0 spiro atoms. The summed E-state index contributed by atoms with van der Waals surface area (Å²) in [6.45, 7) is 3.83. The number of nitrogens with one attached hydrogen (secondary N) is 1. The molecule has 1 aliphatic heterocycles. The Hall–Kier alpha value is -2.77. The van der Waals surface area contributed by atoms with Crippen molar-refractivity contribution in [1.29, 1.82) is 0 Å². The number of halogens is 1. The van der Waals surface area contributed by atoms with Crippen molar-refractivity contribution in [3.05, 3.63) is 59.9 Å². The van der Waals surface area contributed by atoms with Gasteiger partial charge in [-0.2, -0.15) is 0 Å². The number of Topliss-reactive ketones (excluding diaryl/α,β-unsaturated/α-hetero) is 1. The van der Waals surface area contributed by atoms with E-state index in [1.807, 2.05) is 0 Å². The Kier molecular flexibility index (Phi) is 7.99. The summed E-state index contributed by atoms with van der Waals surface area (Å²) in [7, 11) is 1.57. The van der Waals surface area contributed by atoms with Gasteiger partial charge in [-0.15, -0.1) is 0 Å². The van der Waals surface area contributed by atoms with Crippen molar-refractivity contribution in [2.45, 2.75) is 38.2 Å². The molecule has 0 aliphatic carbocycles. The number of hydrogen-bond acceptors (Lipinski definition) is 5. The Balaban J connectivity index is 1.44. The van der Waals surface area contributed by atoms with Crippen LogP contribution in [0.3, 0.4) is 0 Å². The van der Waals surface area contributed by atoms with Gasteiger partial charge in [-0.05, 0) is 62.2 Å². The van der Waals surface area contributed by atoms with Gasteiger partial charge in [0.1, 0.15) is 11.6 Å². The van der Waals surface area contributed by atoms with Gasteiger partial charge in [0, 0.05) is 36.8 Å². The SMILES string of the molecule is COc1cccc(NC(=O)C(C)C2(O)CCN(CCCC(=O)c3ccc(F)cc3)CC2)c1. The lowest BCUT2D eigenvalue weighted by atomic mass is 9.80. The number of carbonyl (C=O) groups excluding carboxylic acids is 2. The molecule has 3 rings (SSSR count). The molecule has 0 bridgehead atoms. The second-order valence-corrected chi connectivity index (χ2v) is 8.42. The zero-order valence-corrected chi connectivity index (χ0v) is 18.6. The van der Waals surface area contributed by atoms with Crippen LogP contribution in [0.25, 0.3) is 0 Å². The van der Waals surface area contributed by atoms with Crippen molar-refractivity contribution in [2.75, 3.05) is 32.1 Å². The van der Waals surface area contributed by atoms with Crippen LogP contribution in [0, 0.1) is 11.7 Å². The van der Waals surface area contributed by atoms with Crippen LogP contribution < -0.4 is 10.1 Å². The normalized spacial score (nSPS) is 16.9. The van der Waals surface area contributed by atoms with Gasteiger partial charge in [-0.25, -0.2) is 4.39 Å². The van der Waals surface area contributed by atoms with E-state index in [1.165, 1.54) is 24.3 Å². The number of anilines is 1. The molecule has 6 nitrogen and oxygen atoms in total. The lowest BCUT2D eigenvalue weighted by Crippen LogP contribution is -2.51. The van der Waals surface area contributed by atoms with Gasteiger partial charge in [0.15, 0.2) is 5.78 Å². The van der Waals surface area contributed by atoms with E-state index in [2.05, 4.69) is 10.2 Å². The first-order valence-electron chi connectivity index (χ1n) is 11.0. The zero-order valence-electron chi connectivity index (χ0n) is 18.6. The average Bonchev–Trinajstić information content (AvgIpc) is 2.80. The number of hydrogen-bond donors (Lipinski definition) is 2. The van der Waals surface area contributed by atoms with Gasteiger partial charge in [-0.3, -0.25) is 9.59 Å². The van der Waals surface area contributed by atoms with Crippen molar-refractivity contribution < 1.29 is 23.8 Å². The highest BCUT2D eigenvalue weighted by atomic mass is 19.1. The van der Waals surface area contributed by atoms with E-state index in [4.69, 9.17) is 4.74 Å². The van der Waals surface area contributed by atoms with E-state index in [0.29, 0.717) is 55.8 Å². The summed E-state index contributed by atoms with van der Waals surface area (Å²) < 4.78 is 18.2. The molecule has 0 saturated carbocycles. The van der Waals surface area contributed by atoms with Crippen LogP contribution >= 0.6 is 0 Å². The molecular weight excluding hydrogens is 411 g/mol. The molecule has 1 aliphatic rings. The highest BCUT2D eigenvalue weighted by Gasteiger charge is 2.40. The number of likely N-dealkylation sites (tertiary alicyclic amines) is 1. The first kappa shape index (κ1) is 23.9. The van der Waals surface area contributed by atoms with Crippen molar-refractivity contribution in [2.24, 2.45) is 5.92 Å². The summed E-state index contributed by atoms with van der Waals surface area (Å²) in [6.07, 6.45) is 2.07. The molecule has 0 aromatic heterocycles. The third-order valence-electron chi connectivity index (χ3n) is 6.30. The minimum Gasteiger partial charge on any atom is -0.497 e. The summed E-state index contributed by atoms with van der Waals surface area (Å²) in [4.78, 5) is 27.1. The highest BCUT2D eigenvalue weighted by Crippen LogP contribution is 2.31. The van der Waals surface area contributed by atoms with E-state index in [9.17, 15) is 19.1 Å². The Bertz CT molecular complexity index is 924. The fraction of sp³-hybridized carbons (Fsp3) is 0.440. The second-order valence-electron chi connectivity index (χ2n) is 8.42. The van der Waals surface area contributed by atoms with Crippen molar-refractivity contribution in [1.82, 2.24) is 4.90 Å². The molecular formula is C25H31FN2O4. The number of benzene rings is 2. The lowest BCUT2D eigenvalue weighted by molar-refractivity contribution is -0.132. The fourth-order valence-corrected chi connectivity index (χ4v) is 4.04. The van der Waals surface area contributed by atoms with Gasteiger partial charge in [0.05, 0.1) is 18.6 Å². The maximum Gasteiger partial charge on any atom is 0.230 e. The summed E-state index contributed by atoms with van der Waals surface area (Å²) in [6, 6.07) is 12.7. The molecule has 1 saturated heterocycles. The Morgan fingerprint density at radius 2 is 1.88 bits per heavy atom. The lowest BCUT2D eigenvalue weighted by Gasteiger charge is -2.41. The molecule has 7 heteroatoms. The maximum absolute atomic E-state index is 13.0. The van der Waals surface area contributed by atoms with E-state index >= 15 is 0 Å². The number of piperidine rings is 1. The predicted octanol–water partition coefficient (Wildman–Crippen LogP) is 3.90. The molecule has 1 atom stereocenters.